The van der Waals surface area contributed by atoms with Crippen LogP contribution in [0.4, 0.5) is 0 Å². The van der Waals surface area contributed by atoms with Gasteiger partial charge in [-0.2, -0.15) is 0 Å². The van der Waals surface area contributed by atoms with Crippen LogP contribution in [0, 0.1) is 0 Å². The van der Waals surface area contributed by atoms with E-state index in [1.165, 1.54) is 24.8 Å². The Balaban J connectivity index is 2.49. The molecule has 1 aromatic rings. The van der Waals surface area contributed by atoms with Crippen LogP contribution in [0.2, 0.25) is 0 Å². The molecule has 0 saturated carbocycles. The lowest BCUT2D eigenvalue weighted by Crippen LogP contribution is -2.29. The van der Waals surface area contributed by atoms with Crippen molar-refractivity contribution in [3.05, 3.63) is 34.9 Å². The number of rotatable bonds is 2. The highest BCUT2D eigenvalue weighted by molar-refractivity contribution is 5.42. The summed E-state index contributed by atoms with van der Waals surface area (Å²) in [7, 11) is 0. The molecule has 0 heterocycles. The second-order valence-corrected chi connectivity index (χ2v) is 4.88. The lowest BCUT2D eigenvalue weighted by Gasteiger charge is -2.26. The first-order valence-electron chi connectivity index (χ1n) is 5.46. The van der Waals surface area contributed by atoms with Crippen LogP contribution in [-0.2, 0) is 18.3 Å². The molecule has 14 heavy (non-hydrogen) atoms. The molecule has 0 atom stereocenters. The molecule has 1 aliphatic rings. The van der Waals surface area contributed by atoms with Crippen molar-refractivity contribution >= 4 is 0 Å². The maximum absolute atomic E-state index is 5.83. The van der Waals surface area contributed by atoms with E-state index in [4.69, 9.17) is 5.73 Å². The Morgan fingerprint density at radius 3 is 2.79 bits per heavy atom. The van der Waals surface area contributed by atoms with Crippen LogP contribution in [0.1, 0.15) is 37.0 Å². The largest absolute Gasteiger partial charge is 0.330 e. The van der Waals surface area contributed by atoms with Gasteiger partial charge in [0.2, 0.25) is 0 Å². The van der Waals surface area contributed by atoms with Crippen molar-refractivity contribution in [1.82, 2.24) is 0 Å². The smallest absolute Gasteiger partial charge is 0.00219 e. The second-order valence-electron chi connectivity index (χ2n) is 4.88. The first-order valence-corrected chi connectivity index (χ1v) is 5.46. The topological polar surface area (TPSA) is 26.0 Å². The molecule has 1 aromatic carbocycles. The molecular formula is C13H19N. The van der Waals surface area contributed by atoms with Crippen molar-refractivity contribution in [3.8, 4) is 0 Å². The van der Waals surface area contributed by atoms with Crippen molar-refractivity contribution in [2.24, 2.45) is 5.73 Å². The van der Waals surface area contributed by atoms with Gasteiger partial charge in [0.1, 0.15) is 0 Å². The molecule has 0 unspecified atom stereocenters. The van der Waals surface area contributed by atoms with Crippen LogP contribution in [0.3, 0.4) is 0 Å². The van der Waals surface area contributed by atoms with Gasteiger partial charge in [-0.15, -0.1) is 0 Å². The SMILES string of the molecule is CC(C)(CN)c1cccc2c1CCC2. The highest BCUT2D eigenvalue weighted by Crippen LogP contribution is 2.32. The lowest BCUT2D eigenvalue weighted by molar-refractivity contribution is 0.534. The van der Waals surface area contributed by atoms with Crippen LogP contribution in [-0.4, -0.2) is 6.54 Å². The van der Waals surface area contributed by atoms with E-state index in [-0.39, 0.29) is 5.41 Å². The van der Waals surface area contributed by atoms with Gasteiger partial charge in [-0.3, -0.25) is 0 Å². The summed E-state index contributed by atoms with van der Waals surface area (Å²) in [5.41, 5.74) is 10.6. The summed E-state index contributed by atoms with van der Waals surface area (Å²) in [6.07, 6.45) is 3.81. The minimum Gasteiger partial charge on any atom is -0.330 e. The number of fused-ring (bicyclic) bond motifs is 1. The summed E-state index contributed by atoms with van der Waals surface area (Å²) in [6.45, 7) is 5.20. The number of hydrogen-bond acceptors (Lipinski definition) is 1. The Morgan fingerprint density at radius 1 is 1.29 bits per heavy atom. The zero-order valence-corrected chi connectivity index (χ0v) is 9.14. The molecule has 76 valence electrons. The van der Waals surface area contributed by atoms with E-state index in [0.29, 0.717) is 0 Å². The average molecular weight is 189 g/mol. The summed E-state index contributed by atoms with van der Waals surface area (Å²) in [4.78, 5) is 0. The highest BCUT2D eigenvalue weighted by Gasteiger charge is 2.24. The molecule has 0 bridgehead atoms. The molecule has 0 aliphatic heterocycles. The van der Waals surface area contributed by atoms with Crippen LogP contribution in [0.25, 0.3) is 0 Å². The lowest BCUT2D eigenvalue weighted by atomic mass is 9.81. The van der Waals surface area contributed by atoms with Crippen molar-refractivity contribution in [3.63, 3.8) is 0 Å². The molecule has 0 fully saturated rings. The van der Waals surface area contributed by atoms with Gasteiger partial charge in [0.25, 0.3) is 0 Å². The molecule has 1 heteroatoms. The van der Waals surface area contributed by atoms with Crippen LogP contribution >= 0.6 is 0 Å². The quantitative estimate of drug-likeness (QED) is 0.759. The van der Waals surface area contributed by atoms with Gasteiger partial charge in [0, 0.05) is 12.0 Å². The van der Waals surface area contributed by atoms with Gasteiger partial charge in [0.05, 0.1) is 0 Å². The van der Waals surface area contributed by atoms with Crippen LogP contribution in [0.5, 0.6) is 0 Å². The van der Waals surface area contributed by atoms with Gasteiger partial charge >= 0.3 is 0 Å². The third-order valence-corrected chi connectivity index (χ3v) is 3.39. The summed E-state index contributed by atoms with van der Waals surface area (Å²) in [5, 5.41) is 0. The van der Waals surface area contributed by atoms with Gasteiger partial charge in [-0.25, -0.2) is 0 Å². The van der Waals surface area contributed by atoms with Gasteiger partial charge in [0.15, 0.2) is 0 Å². The predicted molar refractivity (Wildman–Crippen MR) is 60.5 cm³/mol. The zero-order valence-electron chi connectivity index (χ0n) is 9.14. The highest BCUT2D eigenvalue weighted by atomic mass is 14.6. The van der Waals surface area contributed by atoms with E-state index in [1.54, 1.807) is 11.1 Å². The molecule has 0 saturated heterocycles. The molecule has 0 spiro atoms. The zero-order chi connectivity index (χ0) is 10.2. The number of nitrogens with two attached hydrogens (primary N) is 1. The molecule has 1 aliphatic carbocycles. The van der Waals surface area contributed by atoms with Gasteiger partial charge in [-0.1, -0.05) is 32.0 Å². The average Bonchev–Trinajstić information content (AvgIpc) is 2.64. The summed E-state index contributed by atoms with van der Waals surface area (Å²) >= 11 is 0. The van der Waals surface area contributed by atoms with Crippen molar-refractivity contribution in [2.45, 2.75) is 38.5 Å². The Labute approximate surface area is 86.3 Å². The van der Waals surface area contributed by atoms with E-state index in [9.17, 15) is 0 Å². The Morgan fingerprint density at radius 2 is 2.07 bits per heavy atom. The van der Waals surface area contributed by atoms with E-state index in [2.05, 4.69) is 32.0 Å². The summed E-state index contributed by atoms with van der Waals surface area (Å²) in [5.74, 6) is 0. The number of benzene rings is 1. The molecule has 1 nitrogen and oxygen atoms in total. The van der Waals surface area contributed by atoms with Crippen LogP contribution < -0.4 is 5.73 Å². The van der Waals surface area contributed by atoms with Crippen molar-refractivity contribution in [1.29, 1.82) is 0 Å². The first-order chi connectivity index (χ1) is 6.65. The maximum atomic E-state index is 5.83. The predicted octanol–water partition coefficient (Wildman–Crippen LogP) is 2.41. The number of aryl methyl sites for hydroxylation is 1. The molecule has 0 aromatic heterocycles. The Hall–Kier alpha value is -0.820. The van der Waals surface area contributed by atoms with E-state index in [0.717, 1.165) is 6.54 Å². The fraction of sp³-hybridized carbons (Fsp3) is 0.538. The van der Waals surface area contributed by atoms with Crippen molar-refractivity contribution < 1.29 is 0 Å². The van der Waals surface area contributed by atoms with E-state index in [1.807, 2.05) is 0 Å². The third-order valence-electron chi connectivity index (χ3n) is 3.39. The normalized spacial score (nSPS) is 15.6. The van der Waals surface area contributed by atoms with Gasteiger partial charge in [-0.05, 0) is 36.0 Å². The molecule has 0 amide bonds. The molecular weight excluding hydrogens is 170 g/mol. The number of hydrogen-bond donors (Lipinski definition) is 1. The standard InChI is InChI=1S/C13H19N/c1-13(2,9-14)12-8-4-6-10-5-3-7-11(10)12/h4,6,8H,3,5,7,9,14H2,1-2H3. The fourth-order valence-corrected chi connectivity index (χ4v) is 2.36. The Kier molecular flexibility index (Phi) is 2.36. The molecule has 0 radical (unpaired) electrons. The Bertz CT molecular complexity index is 339. The van der Waals surface area contributed by atoms with Crippen molar-refractivity contribution in [2.75, 3.05) is 6.54 Å². The molecule has 2 N–H and O–H groups in total. The second kappa shape index (κ2) is 3.39. The minimum absolute atomic E-state index is 0.135. The maximum Gasteiger partial charge on any atom is 0.00219 e. The third kappa shape index (κ3) is 1.46. The first kappa shape index (κ1) is 9.72. The summed E-state index contributed by atoms with van der Waals surface area (Å²) in [6, 6.07) is 6.69. The fourth-order valence-electron chi connectivity index (χ4n) is 2.36. The molecule has 2 rings (SSSR count). The van der Waals surface area contributed by atoms with E-state index < -0.39 is 0 Å². The minimum atomic E-state index is 0.135. The van der Waals surface area contributed by atoms with E-state index >= 15 is 0 Å². The van der Waals surface area contributed by atoms with Gasteiger partial charge < -0.3 is 5.73 Å². The van der Waals surface area contributed by atoms with Crippen LogP contribution in [0.15, 0.2) is 18.2 Å². The summed E-state index contributed by atoms with van der Waals surface area (Å²) < 4.78 is 0. The monoisotopic (exact) mass is 189 g/mol.